The van der Waals surface area contributed by atoms with E-state index in [1.807, 2.05) is 49.5 Å². The molecule has 0 fully saturated rings. The number of thiazole rings is 1. The van der Waals surface area contributed by atoms with Gasteiger partial charge in [-0.3, -0.25) is 4.98 Å². The average molecular weight is 298 g/mol. The van der Waals surface area contributed by atoms with Crippen LogP contribution in [-0.2, 0) is 0 Å². The van der Waals surface area contributed by atoms with Crippen molar-refractivity contribution in [2.75, 3.05) is 11.9 Å². The third kappa shape index (κ3) is 3.35. The molecule has 3 aromatic rings. The van der Waals surface area contributed by atoms with Gasteiger partial charge >= 0.3 is 0 Å². The predicted molar refractivity (Wildman–Crippen MR) is 84.0 cm³/mol. The summed E-state index contributed by atoms with van der Waals surface area (Å²) in [7, 11) is 0. The summed E-state index contributed by atoms with van der Waals surface area (Å²) in [5.41, 5.74) is 0.916. The first-order chi connectivity index (χ1) is 10.3. The minimum absolute atomic E-state index is 0.595. The molecule has 0 radical (unpaired) electrons. The Balaban J connectivity index is 1.77. The van der Waals surface area contributed by atoms with Crippen molar-refractivity contribution in [3.05, 3.63) is 48.8 Å². The first-order valence-electron chi connectivity index (χ1n) is 6.59. The van der Waals surface area contributed by atoms with Gasteiger partial charge in [0.25, 0.3) is 0 Å². The number of pyridine rings is 2. The van der Waals surface area contributed by atoms with Crippen LogP contribution >= 0.6 is 11.3 Å². The zero-order chi connectivity index (χ0) is 14.5. The van der Waals surface area contributed by atoms with Crippen molar-refractivity contribution in [2.24, 2.45) is 0 Å². The summed E-state index contributed by atoms with van der Waals surface area (Å²) in [5.74, 6) is 1.31. The van der Waals surface area contributed by atoms with Crippen molar-refractivity contribution in [2.45, 2.75) is 6.92 Å². The van der Waals surface area contributed by atoms with Gasteiger partial charge in [-0.1, -0.05) is 23.5 Å². The smallest absolute Gasteiger partial charge is 0.215 e. The maximum Gasteiger partial charge on any atom is 0.215 e. The highest BCUT2D eigenvalue weighted by molar-refractivity contribution is 7.18. The van der Waals surface area contributed by atoms with E-state index >= 15 is 0 Å². The quantitative estimate of drug-likeness (QED) is 0.777. The van der Waals surface area contributed by atoms with E-state index in [-0.39, 0.29) is 0 Å². The van der Waals surface area contributed by atoms with Gasteiger partial charge in [-0.05, 0) is 25.1 Å². The first kappa shape index (κ1) is 13.5. The zero-order valence-corrected chi connectivity index (χ0v) is 12.3. The van der Waals surface area contributed by atoms with Crippen LogP contribution in [0.4, 0.5) is 10.9 Å². The fourth-order valence-corrected chi connectivity index (χ4v) is 2.58. The minimum Gasteiger partial charge on any atom is -0.478 e. The largest absolute Gasteiger partial charge is 0.478 e. The summed E-state index contributed by atoms with van der Waals surface area (Å²) in [5, 5.41) is 3.96. The van der Waals surface area contributed by atoms with Crippen molar-refractivity contribution in [1.82, 2.24) is 15.0 Å². The summed E-state index contributed by atoms with van der Waals surface area (Å²) in [6, 6.07) is 11.4. The lowest BCUT2D eigenvalue weighted by atomic mass is 10.3. The lowest BCUT2D eigenvalue weighted by Crippen LogP contribution is -1.97. The Kier molecular flexibility index (Phi) is 4.07. The fraction of sp³-hybridized carbons (Fsp3) is 0.133. The third-order valence-corrected chi connectivity index (χ3v) is 3.61. The van der Waals surface area contributed by atoms with E-state index in [4.69, 9.17) is 4.74 Å². The van der Waals surface area contributed by atoms with Gasteiger partial charge in [0.15, 0.2) is 5.13 Å². The number of hydrogen-bond donors (Lipinski definition) is 1. The van der Waals surface area contributed by atoms with Crippen LogP contribution in [0.15, 0.2) is 48.8 Å². The van der Waals surface area contributed by atoms with Gasteiger partial charge in [0, 0.05) is 18.5 Å². The summed E-state index contributed by atoms with van der Waals surface area (Å²) in [6.45, 7) is 2.53. The molecule has 5 nitrogen and oxygen atoms in total. The van der Waals surface area contributed by atoms with Crippen molar-refractivity contribution >= 4 is 22.3 Å². The Hall–Kier alpha value is -2.47. The molecule has 0 saturated heterocycles. The zero-order valence-electron chi connectivity index (χ0n) is 11.5. The van der Waals surface area contributed by atoms with E-state index in [1.54, 1.807) is 6.20 Å². The Morgan fingerprint density at radius 1 is 1.14 bits per heavy atom. The molecule has 0 aromatic carbocycles. The predicted octanol–water partition coefficient (Wildman–Crippen LogP) is 3.74. The van der Waals surface area contributed by atoms with E-state index < -0.39 is 0 Å². The topological polar surface area (TPSA) is 59.9 Å². The number of nitrogens with one attached hydrogen (secondary N) is 1. The van der Waals surface area contributed by atoms with Gasteiger partial charge in [-0.15, -0.1) is 0 Å². The summed E-state index contributed by atoms with van der Waals surface area (Å²) < 4.78 is 5.38. The molecule has 0 amide bonds. The fourth-order valence-electron chi connectivity index (χ4n) is 1.78. The molecule has 0 aliphatic carbocycles. The van der Waals surface area contributed by atoms with Crippen LogP contribution in [0.25, 0.3) is 10.6 Å². The normalized spacial score (nSPS) is 10.3. The molecule has 0 saturated carbocycles. The van der Waals surface area contributed by atoms with Crippen LogP contribution in [0.2, 0.25) is 0 Å². The maximum atomic E-state index is 5.38. The van der Waals surface area contributed by atoms with Crippen LogP contribution in [0, 0.1) is 0 Å². The second-order valence-corrected chi connectivity index (χ2v) is 5.19. The summed E-state index contributed by atoms with van der Waals surface area (Å²) >= 11 is 1.53. The van der Waals surface area contributed by atoms with E-state index in [0.717, 1.165) is 15.7 Å². The monoisotopic (exact) mass is 298 g/mol. The number of rotatable bonds is 5. The molecular weight excluding hydrogens is 284 g/mol. The minimum atomic E-state index is 0.595. The van der Waals surface area contributed by atoms with Crippen LogP contribution < -0.4 is 10.1 Å². The van der Waals surface area contributed by atoms with Crippen LogP contribution in [0.5, 0.6) is 5.88 Å². The molecule has 0 aliphatic rings. The molecule has 21 heavy (non-hydrogen) atoms. The molecule has 3 aromatic heterocycles. The number of anilines is 2. The molecule has 3 rings (SSSR count). The van der Waals surface area contributed by atoms with Crippen LogP contribution in [0.1, 0.15) is 6.92 Å². The van der Waals surface area contributed by atoms with E-state index in [1.165, 1.54) is 11.3 Å². The first-order valence-corrected chi connectivity index (χ1v) is 7.41. The molecule has 6 heteroatoms. The SMILES string of the molecule is CCOc1cccc(Nc2ncc(-c3ccccn3)s2)n1. The number of nitrogens with zero attached hydrogens (tertiary/aromatic N) is 3. The highest BCUT2D eigenvalue weighted by Gasteiger charge is 2.06. The highest BCUT2D eigenvalue weighted by Crippen LogP contribution is 2.29. The molecule has 0 unspecified atom stereocenters. The van der Waals surface area contributed by atoms with E-state index in [2.05, 4.69) is 20.3 Å². The molecule has 0 atom stereocenters. The Morgan fingerprint density at radius 2 is 2.10 bits per heavy atom. The van der Waals surface area contributed by atoms with Crippen LogP contribution in [-0.4, -0.2) is 21.6 Å². The molecule has 1 N–H and O–H groups in total. The third-order valence-electron chi connectivity index (χ3n) is 2.67. The van der Waals surface area contributed by atoms with Crippen molar-refractivity contribution in [1.29, 1.82) is 0 Å². The van der Waals surface area contributed by atoms with E-state index in [0.29, 0.717) is 18.3 Å². The highest BCUT2D eigenvalue weighted by atomic mass is 32.1. The van der Waals surface area contributed by atoms with Gasteiger partial charge < -0.3 is 10.1 Å². The summed E-state index contributed by atoms with van der Waals surface area (Å²) in [6.07, 6.45) is 3.58. The Bertz CT molecular complexity index is 714. The molecule has 0 spiro atoms. The van der Waals surface area contributed by atoms with Crippen LogP contribution in [0.3, 0.4) is 0 Å². The van der Waals surface area contributed by atoms with Gasteiger partial charge in [-0.25, -0.2) is 4.98 Å². The number of ether oxygens (including phenoxy) is 1. The van der Waals surface area contributed by atoms with Crippen molar-refractivity contribution in [3.8, 4) is 16.5 Å². The number of aromatic nitrogens is 3. The molecule has 0 aliphatic heterocycles. The van der Waals surface area contributed by atoms with Crippen molar-refractivity contribution in [3.63, 3.8) is 0 Å². The Morgan fingerprint density at radius 3 is 2.90 bits per heavy atom. The lowest BCUT2D eigenvalue weighted by Gasteiger charge is -2.05. The van der Waals surface area contributed by atoms with E-state index in [9.17, 15) is 0 Å². The standard InChI is InChI=1S/C15H14N4OS/c1-2-20-14-8-5-7-13(18-14)19-15-17-10-12(21-15)11-6-3-4-9-16-11/h3-10H,2H2,1H3,(H,17,18,19). The Labute approximate surface area is 126 Å². The second kappa shape index (κ2) is 6.32. The van der Waals surface area contributed by atoms with Gasteiger partial charge in [0.2, 0.25) is 5.88 Å². The number of hydrogen-bond acceptors (Lipinski definition) is 6. The van der Waals surface area contributed by atoms with Crippen molar-refractivity contribution < 1.29 is 4.74 Å². The van der Waals surface area contributed by atoms with Gasteiger partial charge in [-0.2, -0.15) is 4.98 Å². The molecular formula is C15H14N4OS. The second-order valence-electron chi connectivity index (χ2n) is 4.16. The van der Waals surface area contributed by atoms with Gasteiger partial charge in [0.05, 0.1) is 17.2 Å². The maximum absolute atomic E-state index is 5.38. The average Bonchev–Trinajstić information content (AvgIpc) is 2.97. The molecule has 3 heterocycles. The lowest BCUT2D eigenvalue weighted by molar-refractivity contribution is 0.327. The summed E-state index contributed by atoms with van der Waals surface area (Å²) in [4.78, 5) is 14.0. The molecule has 0 bridgehead atoms. The molecule has 106 valence electrons. The van der Waals surface area contributed by atoms with Gasteiger partial charge in [0.1, 0.15) is 5.82 Å².